The molecule has 31 heavy (non-hydrogen) atoms. The van der Waals surface area contributed by atoms with Gasteiger partial charge in [0, 0.05) is 32.6 Å². The highest BCUT2D eigenvalue weighted by Gasteiger charge is 2.23. The van der Waals surface area contributed by atoms with E-state index in [0.29, 0.717) is 63.5 Å². The molecule has 0 N–H and O–H groups in total. The summed E-state index contributed by atoms with van der Waals surface area (Å²) in [7, 11) is 3.20. The fraction of sp³-hybridized carbons (Fsp3) is 0.417. The third kappa shape index (κ3) is 6.38. The van der Waals surface area contributed by atoms with Crippen LogP contribution in [0.25, 0.3) is 0 Å². The Balaban J connectivity index is 1.38. The van der Waals surface area contributed by atoms with E-state index < -0.39 is 0 Å². The molecule has 166 valence electrons. The quantitative estimate of drug-likeness (QED) is 0.617. The number of aryl methyl sites for hydroxylation is 1. The number of piperazine rings is 1. The topological polar surface area (TPSA) is 68.3 Å². The lowest BCUT2D eigenvalue weighted by Gasteiger charge is -2.35. The van der Waals surface area contributed by atoms with Gasteiger partial charge < -0.3 is 24.0 Å². The average Bonchev–Trinajstić information content (AvgIpc) is 2.83. The summed E-state index contributed by atoms with van der Waals surface area (Å²) in [5.74, 6) is 2.27. The summed E-state index contributed by atoms with van der Waals surface area (Å²) in [5.41, 5.74) is 1.03. The molecule has 1 fully saturated rings. The molecule has 7 heteroatoms. The highest BCUT2D eigenvalue weighted by atomic mass is 16.5. The second-order valence-electron chi connectivity index (χ2n) is 7.36. The van der Waals surface area contributed by atoms with Crippen molar-refractivity contribution in [2.75, 3.05) is 47.0 Å². The summed E-state index contributed by atoms with van der Waals surface area (Å²) in [5, 5.41) is 0. The van der Waals surface area contributed by atoms with Crippen molar-refractivity contribution in [3.8, 4) is 17.2 Å². The van der Waals surface area contributed by atoms with Crippen LogP contribution in [0.5, 0.6) is 17.2 Å². The van der Waals surface area contributed by atoms with Gasteiger partial charge in [-0.05, 0) is 36.2 Å². The Morgan fingerprint density at radius 3 is 2.03 bits per heavy atom. The molecule has 0 aliphatic carbocycles. The minimum absolute atomic E-state index is 0.0633. The summed E-state index contributed by atoms with van der Waals surface area (Å²) < 4.78 is 16.2. The van der Waals surface area contributed by atoms with Crippen LogP contribution in [0, 0.1) is 0 Å². The second kappa shape index (κ2) is 11.2. The van der Waals surface area contributed by atoms with Crippen LogP contribution in [0.1, 0.15) is 18.4 Å². The molecule has 2 aromatic carbocycles. The van der Waals surface area contributed by atoms with Gasteiger partial charge in [0.05, 0.1) is 27.2 Å². The number of ether oxygens (including phenoxy) is 3. The number of carbonyl (C=O) groups is 2. The first-order chi connectivity index (χ1) is 15.1. The maximum Gasteiger partial charge on any atom is 0.226 e. The van der Waals surface area contributed by atoms with Gasteiger partial charge in [-0.15, -0.1) is 0 Å². The molecular formula is C24H30N2O5. The van der Waals surface area contributed by atoms with E-state index in [9.17, 15) is 9.59 Å². The van der Waals surface area contributed by atoms with Crippen LogP contribution in [0.3, 0.4) is 0 Å². The molecule has 0 spiro atoms. The van der Waals surface area contributed by atoms with E-state index in [-0.39, 0.29) is 11.8 Å². The van der Waals surface area contributed by atoms with Crippen molar-refractivity contribution >= 4 is 11.8 Å². The van der Waals surface area contributed by atoms with Crippen LogP contribution in [0.4, 0.5) is 0 Å². The first-order valence-corrected chi connectivity index (χ1v) is 10.5. The molecule has 2 amide bonds. The molecule has 2 aromatic rings. The first kappa shape index (κ1) is 22.5. The van der Waals surface area contributed by atoms with Crippen molar-refractivity contribution in [1.82, 2.24) is 9.80 Å². The summed E-state index contributed by atoms with van der Waals surface area (Å²) >= 11 is 0. The molecule has 1 saturated heterocycles. The molecule has 7 nitrogen and oxygen atoms in total. The lowest BCUT2D eigenvalue weighted by atomic mass is 10.1. The molecular weight excluding hydrogens is 396 g/mol. The average molecular weight is 427 g/mol. The number of hydrogen-bond donors (Lipinski definition) is 0. The first-order valence-electron chi connectivity index (χ1n) is 10.5. The fourth-order valence-electron chi connectivity index (χ4n) is 3.58. The zero-order valence-corrected chi connectivity index (χ0v) is 18.2. The van der Waals surface area contributed by atoms with Crippen LogP contribution >= 0.6 is 0 Å². The molecule has 0 saturated carbocycles. The van der Waals surface area contributed by atoms with Crippen LogP contribution in [-0.4, -0.2) is 68.6 Å². The monoisotopic (exact) mass is 426 g/mol. The van der Waals surface area contributed by atoms with Crippen LogP contribution in [-0.2, 0) is 16.0 Å². The van der Waals surface area contributed by atoms with Crippen LogP contribution < -0.4 is 14.2 Å². The standard InChI is InChI=1S/C24H30N2O5/c1-29-21-10-8-19(18-22(21)30-2)9-11-23(27)25-13-15-26(16-14-25)24(28)12-17-31-20-6-4-3-5-7-20/h3-8,10,18H,9,11-17H2,1-2H3. The van der Waals surface area contributed by atoms with E-state index in [1.165, 1.54) is 0 Å². The molecule has 1 aliphatic heterocycles. The van der Waals surface area contributed by atoms with Gasteiger partial charge in [0.1, 0.15) is 5.75 Å². The number of methoxy groups -OCH3 is 2. The van der Waals surface area contributed by atoms with Crippen molar-refractivity contribution in [3.05, 3.63) is 54.1 Å². The van der Waals surface area contributed by atoms with Crippen molar-refractivity contribution < 1.29 is 23.8 Å². The smallest absolute Gasteiger partial charge is 0.226 e. The number of rotatable bonds is 9. The van der Waals surface area contributed by atoms with E-state index in [1.807, 2.05) is 58.3 Å². The Morgan fingerprint density at radius 2 is 1.42 bits per heavy atom. The molecule has 0 aromatic heterocycles. The number of para-hydroxylation sites is 1. The minimum atomic E-state index is 0.0633. The number of hydrogen-bond acceptors (Lipinski definition) is 5. The van der Waals surface area contributed by atoms with E-state index >= 15 is 0 Å². The SMILES string of the molecule is COc1ccc(CCC(=O)N2CCN(C(=O)CCOc3ccccc3)CC2)cc1OC. The van der Waals surface area contributed by atoms with E-state index in [4.69, 9.17) is 14.2 Å². The van der Waals surface area contributed by atoms with Gasteiger partial charge in [0.15, 0.2) is 11.5 Å². The maximum absolute atomic E-state index is 12.6. The second-order valence-corrected chi connectivity index (χ2v) is 7.36. The predicted molar refractivity (Wildman–Crippen MR) is 118 cm³/mol. The predicted octanol–water partition coefficient (Wildman–Crippen LogP) is 2.78. The lowest BCUT2D eigenvalue weighted by molar-refractivity contribution is -0.139. The normalized spacial score (nSPS) is 13.6. The van der Waals surface area contributed by atoms with Crippen LogP contribution in [0.15, 0.2) is 48.5 Å². The molecule has 0 bridgehead atoms. The summed E-state index contributed by atoms with van der Waals surface area (Å²) in [4.78, 5) is 28.7. The van der Waals surface area contributed by atoms with Gasteiger partial charge in [0.25, 0.3) is 0 Å². The van der Waals surface area contributed by atoms with Crippen molar-refractivity contribution in [2.24, 2.45) is 0 Å². The van der Waals surface area contributed by atoms with Gasteiger partial charge in [-0.25, -0.2) is 0 Å². The highest BCUT2D eigenvalue weighted by Crippen LogP contribution is 2.28. The number of nitrogens with zero attached hydrogens (tertiary/aromatic N) is 2. The van der Waals surface area contributed by atoms with Crippen molar-refractivity contribution in [2.45, 2.75) is 19.3 Å². The van der Waals surface area contributed by atoms with Gasteiger partial charge in [-0.1, -0.05) is 24.3 Å². The largest absolute Gasteiger partial charge is 0.493 e. The van der Waals surface area contributed by atoms with Gasteiger partial charge in [-0.3, -0.25) is 9.59 Å². The molecule has 0 unspecified atom stereocenters. The Hall–Kier alpha value is -3.22. The fourth-order valence-corrected chi connectivity index (χ4v) is 3.58. The van der Waals surface area contributed by atoms with Crippen LogP contribution in [0.2, 0.25) is 0 Å². The minimum Gasteiger partial charge on any atom is -0.493 e. The third-order valence-corrected chi connectivity index (χ3v) is 5.39. The van der Waals surface area contributed by atoms with Gasteiger partial charge in [0.2, 0.25) is 11.8 Å². The van der Waals surface area contributed by atoms with E-state index in [1.54, 1.807) is 14.2 Å². The molecule has 0 radical (unpaired) electrons. The maximum atomic E-state index is 12.6. The zero-order valence-electron chi connectivity index (χ0n) is 18.2. The third-order valence-electron chi connectivity index (χ3n) is 5.39. The Kier molecular flexibility index (Phi) is 8.15. The molecule has 1 aliphatic rings. The Bertz CT molecular complexity index is 864. The van der Waals surface area contributed by atoms with E-state index in [0.717, 1.165) is 11.3 Å². The number of carbonyl (C=O) groups excluding carboxylic acids is 2. The van der Waals surface area contributed by atoms with Gasteiger partial charge in [-0.2, -0.15) is 0 Å². The van der Waals surface area contributed by atoms with Crippen molar-refractivity contribution in [3.63, 3.8) is 0 Å². The Morgan fingerprint density at radius 1 is 0.806 bits per heavy atom. The lowest BCUT2D eigenvalue weighted by Crippen LogP contribution is -2.50. The molecule has 1 heterocycles. The summed E-state index contributed by atoms with van der Waals surface area (Å²) in [6, 6.07) is 15.2. The summed E-state index contributed by atoms with van der Waals surface area (Å²) in [6.07, 6.45) is 1.39. The summed E-state index contributed by atoms with van der Waals surface area (Å²) in [6.45, 7) is 2.61. The number of benzene rings is 2. The molecule has 3 rings (SSSR count). The zero-order chi connectivity index (χ0) is 22.1. The highest BCUT2D eigenvalue weighted by molar-refractivity contribution is 5.78. The van der Waals surface area contributed by atoms with Crippen molar-refractivity contribution in [1.29, 1.82) is 0 Å². The number of amides is 2. The van der Waals surface area contributed by atoms with E-state index in [2.05, 4.69) is 0 Å². The van der Waals surface area contributed by atoms with Gasteiger partial charge >= 0.3 is 0 Å². The Labute approximate surface area is 183 Å². The molecule has 0 atom stereocenters.